The summed E-state index contributed by atoms with van der Waals surface area (Å²) in [6.07, 6.45) is 12.6. The Kier molecular flexibility index (Phi) is 8.08. The van der Waals surface area contributed by atoms with E-state index < -0.39 is 5.54 Å². The lowest BCUT2D eigenvalue weighted by molar-refractivity contribution is -0.123. The molecule has 5 rings (SSSR count). The van der Waals surface area contributed by atoms with Crippen molar-refractivity contribution in [2.75, 3.05) is 7.11 Å². The van der Waals surface area contributed by atoms with Gasteiger partial charge in [0.2, 0.25) is 5.91 Å². The van der Waals surface area contributed by atoms with Crippen molar-refractivity contribution >= 4 is 5.91 Å². The molecular formula is C34H39NO2. The molecule has 1 N–H and O–H groups in total. The minimum Gasteiger partial charge on any atom is -0.497 e. The summed E-state index contributed by atoms with van der Waals surface area (Å²) in [5.41, 5.74) is 4.92. The normalized spacial score (nSPS) is 20.9. The Bertz CT molecular complexity index is 1130. The fraction of sp³-hybridized carbons (Fsp3) is 0.382. The van der Waals surface area contributed by atoms with E-state index in [4.69, 9.17) is 4.74 Å². The first-order valence-electron chi connectivity index (χ1n) is 13.9. The van der Waals surface area contributed by atoms with Crippen LogP contribution in [-0.4, -0.2) is 13.0 Å². The molecule has 0 spiro atoms. The Labute approximate surface area is 222 Å². The molecule has 1 saturated heterocycles. The van der Waals surface area contributed by atoms with Gasteiger partial charge in [0, 0.05) is 5.92 Å². The second-order valence-corrected chi connectivity index (χ2v) is 10.8. The van der Waals surface area contributed by atoms with Crippen LogP contribution in [0.4, 0.5) is 0 Å². The molecule has 1 amide bonds. The van der Waals surface area contributed by atoms with E-state index in [9.17, 15) is 4.79 Å². The standard InChI is InChI=1S/C34H39NO2/c1-37-32-23-20-27(21-24-32)10-8-9-26-15-17-28(18-16-26)19-22-29-25-34(35-33(29)36,30-11-4-2-5-12-30)31-13-6-3-7-14-31/h2-7,9,11-14,20-21,23-24,28-29H,8,10,15-19,22,25H2,1H3,(H,35,36). The van der Waals surface area contributed by atoms with Gasteiger partial charge in [-0.3, -0.25) is 4.79 Å². The third-order valence-corrected chi connectivity index (χ3v) is 8.49. The van der Waals surface area contributed by atoms with Crippen LogP contribution in [0.2, 0.25) is 0 Å². The van der Waals surface area contributed by atoms with Crippen molar-refractivity contribution in [3.05, 3.63) is 113 Å². The molecule has 0 bridgehead atoms. The average molecular weight is 494 g/mol. The van der Waals surface area contributed by atoms with Crippen LogP contribution in [0.5, 0.6) is 5.75 Å². The molecule has 1 aliphatic carbocycles. The minimum absolute atomic E-state index is 0.0712. The summed E-state index contributed by atoms with van der Waals surface area (Å²) < 4.78 is 5.25. The van der Waals surface area contributed by atoms with Gasteiger partial charge in [-0.05, 0) is 92.5 Å². The third kappa shape index (κ3) is 5.98. The highest BCUT2D eigenvalue weighted by molar-refractivity contribution is 5.83. The molecule has 3 heteroatoms. The first-order chi connectivity index (χ1) is 18.2. The lowest BCUT2D eigenvalue weighted by atomic mass is 9.77. The van der Waals surface area contributed by atoms with Gasteiger partial charge in [-0.25, -0.2) is 0 Å². The van der Waals surface area contributed by atoms with Gasteiger partial charge < -0.3 is 10.1 Å². The molecule has 3 nitrogen and oxygen atoms in total. The molecular weight excluding hydrogens is 454 g/mol. The van der Waals surface area contributed by atoms with Crippen LogP contribution >= 0.6 is 0 Å². The van der Waals surface area contributed by atoms with Crippen molar-refractivity contribution in [2.24, 2.45) is 11.8 Å². The Morgan fingerprint density at radius 1 is 0.865 bits per heavy atom. The fourth-order valence-electron chi connectivity index (χ4n) is 6.26. The van der Waals surface area contributed by atoms with E-state index in [1.54, 1.807) is 12.7 Å². The summed E-state index contributed by atoms with van der Waals surface area (Å²) in [6.45, 7) is 0. The monoisotopic (exact) mass is 493 g/mol. The fourth-order valence-corrected chi connectivity index (χ4v) is 6.26. The summed E-state index contributed by atoms with van der Waals surface area (Å²) in [5.74, 6) is 1.93. The Hall–Kier alpha value is -3.33. The maximum Gasteiger partial charge on any atom is 0.224 e. The molecule has 2 aliphatic rings. The number of carbonyl (C=O) groups is 1. The van der Waals surface area contributed by atoms with Crippen molar-refractivity contribution in [1.82, 2.24) is 5.32 Å². The van der Waals surface area contributed by atoms with Gasteiger partial charge in [-0.15, -0.1) is 0 Å². The molecule has 3 aromatic rings. The number of carbonyl (C=O) groups excluding carboxylic acids is 1. The predicted molar refractivity (Wildman–Crippen MR) is 151 cm³/mol. The van der Waals surface area contributed by atoms with E-state index >= 15 is 0 Å². The summed E-state index contributed by atoms with van der Waals surface area (Å²) in [5, 5.41) is 3.43. The zero-order valence-electron chi connectivity index (χ0n) is 22.0. The molecule has 1 saturated carbocycles. The van der Waals surface area contributed by atoms with Gasteiger partial charge in [-0.1, -0.05) is 84.4 Å². The number of amides is 1. The van der Waals surface area contributed by atoms with Gasteiger partial charge in [0.25, 0.3) is 0 Å². The highest BCUT2D eigenvalue weighted by atomic mass is 16.5. The van der Waals surface area contributed by atoms with E-state index in [1.807, 2.05) is 24.3 Å². The quantitative estimate of drug-likeness (QED) is 0.312. The second kappa shape index (κ2) is 11.8. The van der Waals surface area contributed by atoms with Crippen LogP contribution in [0.1, 0.15) is 68.1 Å². The van der Waals surface area contributed by atoms with Crippen LogP contribution in [-0.2, 0) is 16.8 Å². The Balaban J connectivity index is 1.13. The Morgan fingerprint density at radius 3 is 2.08 bits per heavy atom. The number of hydrogen-bond donors (Lipinski definition) is 1. The van der Waals surface area contributed by atoms with Gasteiger partial charge in [0.05, 0.1) is 12.6 Å². The van der Waals surface area contributed by atoms with Gasteiger partial charge in [0.15, 0.2) is 0 Å². The Morgan fingerprint density at radius 2 is 1.49 bits per heavy atom. The number of rotatable bonds is 9. The van der Waals surface area contributed by atoms with E-state index in [0.717, 1.165) is 43.8 Å². The largest absolute Gasteiger partial charge is 0.497 e. The number of methoxy groups -OCH3 is 1. The maximum atomic E-state index is 13.2. The van der Waals surface area contributed by atoms with Crippen molar-refractivity contribution in [3.8, 4) is 5.75 Å². The van der Waals surface area contributed by atoms with Gasteiger partial charge in [0.1, 0.15) is 5.75 Å². The van der Waals surface area contributed by atoms with E-state index in [1.165, 1.54) is 42.4 Å². The first kappa shape index (κ1) is 25.3. The highest BCUT2D eigenvalue weighted by Crippen LogP contribution is 2.43. The van der Waals surface area contributed by atoms with E-state index in [-0.39, 0.29) is 11.8 Å². The molecule has 0 radical (unpaired) electrons. The topological polar surface area (TPSA) is 38.3 Å². The number of ether oxygens (including phenoxy) is 1. The molecule has 2 fully saturated rings. The van der Waals surface area contributed by atoms with E-state index in [0.29, 0.717) is 0 Å². The average Bonchev–Trinajstić information content (AvgIpc) is 3.31. The number of benzene rings is 3. The zero-order valence-corrected chi connectivity index (χ0v) is 22.0. The number of aryl methyl sites for hydroxylation is 1. The van der Waals surface area contributed by atoms with Crippen LogP contribution in [0.15, 0.2) is 96.6 Å². The van der Waals surface area contributed by atoms with Crippen LogP contribution < -0.4 is 10.1 Å². The summed E-state index contributed by atoms with van der Waals surface area (Å²) >= 11 is 0. The third-order valence-electron chi connectivity index (χ3n) is 8.49. The molecule has 1 unspecified atom stereocenters. The predicted octanol–water partition coefficient (Wildman–Crippen LogP) is 7.60. The summed E-state index contributed by atoms with van der Waals surface area (Å²) in [4.78, 5) is 13.2. The summed E-state index contributed by atoms with van der Waals surface area (Å²) in [6, 6.07) is 29.4. The lowest BCUT2D eigenvalue weighted by Gasteiger charge is -2.31. The molecule has 3 aromatic carbocycles. The van der Waals surface area contributed by atoms with E-state index in [2.05, 4.69) is 72.1 Å². The molecule has 1 atom stereocenters. The van der Waals surface area contributed by atoms with Crippen LogP contribution in [0.25, 0.3) is 0 Å². The number of hydrogen-bond acceptors (Lipinski definition) is 2. The number of nitrogens with one attached hydrogen (secondary N) is 1. The second-order valence-electron chi connectivity index (χ2n) is 10.8. The minimum atomic E-state index is -0.420. The molecule has 1 heterocycles. The maximum absolute atomic E-state index is 13.2. The van der Waals surface area contributed by atoms with Crippen LogP contribution in [0, 0.1) is 11.8 Å². The molecule has 37 heavy (non-hydrogen) atoms. The van der Waals surface area contributed by atoms with Gasteiger partial charge >= 0.3 is 0 Å². The van der Waals surface area contributed by atoms with Crippen molar-refractivity contribution < 1.29 is 9.53 Å². The smallest absolute Gasteiger partial charge is 0.224 e. The summed E-state index contributed by atoms with van der Waals surface area (Å²) in [7, 11) is 1.71. The lowest BCUT2D eigenvalue weighted by Crippen LogP contribution is -2.39. The van der Waals surface area contributed by atoms with Crippen LogP contribution in [0.3, 0.4) is 0 Å². The zero-order chi connectivity index (χ0) is 25.5. The molecule has 1 aliphatic heterocycles. The molecule has 0 aromatic heterocycles. The first-order valence-corrected chi connectivity index (χ1v) is 13.9. The van der Waals surface area contributed by atoms with Crippen molar-refractivity contribution in [1.29, 1.82) is 0 Å². The van der Waals surface area contributed by atoms with Gasteiger partial charge in [-0.2, -0.15) is 0 Å². The SMILES string of the molecule is COc1ccc(CCC=C2CCC(CCC3CC(c4ccccc4)(c4ccccc4)NC3=O)CC2)cc1. The molecule has 192 valence electrons. The van der Waals surface area contributed by atoms with Crippen molar-refractivity contribution in [2.45, 2.75) is 63.3 Å². The number of allylic oxidation sites excluding steroid dienone is 2. The highest BCUT2D eigenvalue weighted by Gasteiger charge is 2.46. The van der Waals surface area contributed by atoms with Crippen molar-refractivity contribution in [3.63, 3.8) is 0 Å².